The molecule has 0 N–H and O–H groups in total. The van der Waals surface area contributed by atoms with Gasteiger partial charge in [0.2, 0.25) is 0 Å². The van der Waals surface area contributed by atoms with Crippen molar-refractivity contribution in [1.29, 1.82) is 0 Å². The number of alkyl halides is 1. The van der Waals surface area contributed by atoms with Crippen molar-refractivity contribution < 1.29 is 4.52 Å². The third-order valence-corrected chi connectivity index (χ3v) is 2.43. The van der Waals surface area contributed by atoms with E-state index >= 15 is 0 Å². The summed E-state index contributed by atoms with van der Waals surface area (Å²) in [4.78, 5) is 11.0. The summed E-state index contributed by atoms with van der Waals surface area (Å²) in [7, 11) is 0. The van der Waals surface area contributed by atoms with Crippen molar-refractivity contribution in [2.45, 2.75) is 12.4 Å². The normalized spacial score (nSPS) is 10.3. The number of aryl methyl sites for hydroxylation is 1. The van der Waals surface area contributed by atoms with Gasteiger partial charge in [0.1, 0.15) is 15.7 Å². The number of halogens is 2. The molecule has 10 heavy (non-hydrogen) atoms. The summed E-state index contributed by atoms with van der Waals surface area (Å²) >= 11 is 6.20. The molecule has 0 unspecified atom stereocenters. The summed E-state index contributed by atoms with van der Waals surface area (Å²) in [6.07, 6.45) is 0. The van der Waals surface area contributed by atoms with Crippen LogP contribution in [0.2, 0.25) is 0 Å². The Morgan fingerprint density at radius 3 is 2.50 bits per heavy atom. The second-order valence-electron chi connectivity index (χ2n) is 1.76. The summed E-state index contributed by atoms with van der Waals surface area (Å²) in [6, 6.07) is 0. The van der Waals surface area contributed by atoms with Crippen molar-refractivity contribution in [2.24, 2.45) is 0 Å². The highest BCUT2D eigenvalue weighted by molar-refractivity contribution is 9.10. The summed E-state index contributed by atoms with van der Waals surface area (Å²) in [5, 5.41) is 0. The first-order valence-electron chi connectivity index (χ1n) is 2.59. The molecule has 1 rings (SSSR count). The van der Waals surface area contributed by atoms with E-state index in [1.165, 1.54) is 4.74 Å². The number of rotatable bonds is 1. The molecule has 0 spiro atoms. The molecule has 0 fully saturated rings. The van der Waals surface area contributed by atoms with Gasteiger partial charge in [-0.05, 0) is 22.9 Å². The quantitative estimate of drug-likeness (QED) is 0.731. The Morgan fingerprint density at radius 2 is 2.30 bits per heavy atom. The minimum atomic E-state index is -0.144. The lowest BCUT2D eigenvalue weighted by molar-refractivity contribution is 0.281. The Labute approximate surface area is 74.2 Å². The summed E-state index contributed by atoms with van der Waals surface area (Å²) in [5.41, 5.74) is 0.243. The first-order valence-corrected chi connectivity index (χ1v) is 4.50. The Balaban J connectivity index is 3.31. The summed E-state index contributed by atoms with van der Waals surface area (Å²) in [6.45, 7) is 1.73. The third kappa shape index (κ3) is 1.20. The van der Waals surface area contributed by atoms with Gasteiger partial charge in [0.25, 0.3) is 5.56 Å². The van der Waals surface area contributed by atoms with Gasteiger partial charge in [-0.2, -0.15) is 4.74 Å². The summed E-state index contributed by atoms with van der Waals surface area (Å²) < 4.78 is 6.72. The van der Waals surface area contributed by atoms with Crippen LogP contribution >= 0.6 is 31.9 Å². The highest BCUT2D eigenvalue weighted by Crippen LogP contribution is 2.10. The van der Waals surface area contributed by atoms with Crippen molar-refractivity contribution >= 4 is 31.9 Å². The molecule has 0 aromatic carbocycles. The summed E-state index contributed by atoms with van der Waals surface area (Å²) in [5.74, 6) is 0.601. The first-order chi connectivity index (χ1) is 4.66. The number of hydrogen-bond donors (Lipinski definition) is 0. The molecule has 1 heterocycles. The fourth-order valence-electron chi connectivity index (χ4n) is 0.586. The van der Waals surface area contributed by atoms with Crippen molar-refractivity contribution in [1.82, 2.24) is 4.74 Å². The molecule has 0 saturated heterocycles. The van der Waals surface area contributed by atoms with Gasteiger partial charge in [-0.15, -0.1) is 0 Å². The van der Waals surface area contributed by atoms with Crippen LogP contribution in [-0.4, -0.2) is 4.74 Å². The van der Waals surface area contributed by atoms with E-state index in [0.717, 1.165) is 0 Å². The fourth-order valence-corrected chi connectivity index (χ4v) is 1.19. The highest BCUT2D eigenvalue weighted by atomic mass is 79.9. The molecule has 0 aliphatic heterocycles. The second-order valence-corrected chi connectivity index (χ2v) is 3.06. The van der Waals surface area contributed by atoms with Crippen LogP contribution in [0.1, 0.15) is 5.76 Å². The predicted octanol–water partition coefficient (Wildman–Crippen LogP) is 1.86. The molecule has 0 amide bonds. The van der Waals surface area contributed by atoms with Crippen LogP contribution in [0.15, 0.2) is 13.8 Å². The molecule has 1 aromatic heterocycles. The van der Waals surface area contributed by atoms with Crippen LogP contribution in [0.3, 0.4) is 0 Å². The Morgan fingerprint density at radius 1 is 1.70 bits per heavy atom. The first kappa shape index (κ1) is 8.07. The minimum Gasteiger partial charge on any atom is -0.379 e. The van der Waals surface area contributed by atoms with E-state index in [2.05, 4.69) is 31.9 Å². The molecule has 3 nitrogen and oxygen atoms in total. The molecule has 0 aliphatic carbocycles. The minimum absolute atomic E-state index is 0.144. The zero-order chi connectivity index (χ0) is 7.72. The molecule has 0 saturated carbocycles. The maximum Gasteiger partial charge on any atom is 0.297 e. The molecule has 56 valence electrons. The smallest absolute Gasteiger partial charge is 0.297 e. The largest absolute Gasteiger partial charge is 0.379 e. The van der Waals surface area contributed by atoms with Gasteiger partial charge in [-0.3, -0.25) is 4.79 Å². The van der Waals surface area contributed by atoms with E-state index in [1.807, 2.05) is 0 Å². The maximum absolute atomic E-state index is 11.0. The Hall–Kier alpha value is -0.0300. The highest BCUT2D eigenvalue weighted by Gasteiger charge is 2.08. The van der Waals surface area contributed by atoms with Crippen LogP contribution in [0.25, 0.3) is 0 Å². The van der Waals surface area contributed by atoms with Crippen LogP contribution in [0.4, 0.5) is 0 Å². The van der Waals surface area contributed by atoms with Crippen LogP contribution in [0.5, 0.6) is 0 Å². The molecule has 0 bridgehead atoms. The van der Waals surface area contributed by atoms with Crippen LogP contribution in [0, 0.1) is 6.92 Å². The van der Waals surface area contributed by atoms with Crippen molar-refractivity contribution in [3.63, 3.8) is 0 Å². The van der Waals surface area contributed by atoms with Gasteiger partial charge < -0.3 is 4.52 Å². The van der Waals surface area contributed by atoms with Crippen molar-refractivity contribution in [3.8, 4) is 0 Å². The predicted molar refractivity (Wildman–Crippen MR) is 44.3 cm³/mol. The standard InChI is InChI=1S/C5H5Br2NO2/c1-3-4(7)5(9)8(2-6)10-3/h2H2,1H3. The van der Waals surface area contributed by atoms with E-state index < -0.39 is 0 Å². The van der Waals surface area contributed by atoms with Gasteiger partial charge in [-0.1, -0.05) is 15.9 Å². The molecular weight excluding hydrogens is 266 g/mol. The zero-order valence-electron chi connectivity index (χ0n) is 5.23. The molecular formula is C5H5Br2NO2. The Bertz CT molecular complexity index is 288. The van der Waals surface area contributed by atoms with E-state index in [1.54, 1.807) is 6.92 Å². The number of aromatic nitrogens is 1. The van der Waals surface area contributed by atoms with Crippen LogP contribution in [-0.2, 0) is 5.45 Å². The van der Waals surface area contributed by atoms with Crippen molar-refractivity contribution in [2.75, 3.05) is 0 Å². The second kappa shape index (κ2) is 2.92. The lowest BCUT2D eigenvalue weighted by Crippen LogP contribution is -2.11. The molecule has 5 heteroatoms. The van der Waals surface area contributed by atoms with E-state index in [-0.39, 0.29) is 5.56 Å². The van der Waals surface area contributed by atoms with E-state index in [0.29, 0.717) is 15.7 Å². The average Bonchev–Trinajstić information content (AvgIpc) is 2.17. The van der Waals surface area contributed by atoms with Gasteiger partial charge in [-0.25, -0.2) is 0 Å². The lowest BCUT2D eigenvalue weighted by Gasteiger charge is -1.86. The number of hydrogen-bond acceptors (Lipinski definition) is 2. The number of nitrogens with zero attached hydrogens (tertiary/aromatic N) is 1. The zero-order valence-corrected chi connectivity index (χ0v) is 8.40. The maximum atomic E-state index is 11.0. The van der Waals surface area contributed by atoms with Gasteiger partial charge in [0.05, 0.1) is 0 Å². The van der Waals surface area contributed by atoms with Gasteiger partial charge >= 0.3 is 0 Å². The van der Waals surface area contributed by atoms with Crippen LogP contribution < -0.4 is 5.56 Å². The SMILES string of the molecule is Cc1on(CBr)c(=O)c1Br. The van der Waals surface area contributed by atoms with E-state index in [4.69, 9.17) is 4.52 Å². The molecule has 0 aliphatic rings. The van der Waals surface area contributed by atoms with E-state index in [9.17, 15) is 4.79 Å². The van der Waals surface area contributed by atoms with Crippen molar-refractivity contribution in [3.05, 3.63) is 20.6 Å². The molecule has 0 atom stereocenters. The fraction of sp³-hybridized carbons (Fsp3) is 0.400. The third-order valence-electron chi connectivity index (χ3n) is 1.08. The topological polar surface area (TPSA) is 35.1 Å². The monoisotopic (exact) mass is 269 g/mol. The lowest BCUT2D eigenvalue weighted by atomic mass is 10.5. The van der Waals surface area contributed by atoms with Gasteiger partial charge in [0, 0.05) is 0 Å². The average molecular weight is 271 g/mol. The molecule has 1 aromatic rings. The molecule has 0 radical (unpaired) electrons. The Kier molecular flexibility index (Phi) is 2.36. The van der Waals surface area contributed by atoms with Gasteiger partial charge in [0.15, 0.2) is 0 Å².